The zero-order chi connectivity index (χ0) is 8.20. The molecule has 0 aromatic carbocycles. The van der Waals surface area contributed by atoms with Crippen LogP contribution in [0, 0.1) is 0 Å². The first-order valence-electron chi connectivity index (χ1n) is 3.62. The zero-order valence-corrected chi connectivity index (χ0v) is 7.18. The second-order valence-corrected chi connectivity index (χ2v) is 3.31. The third-order valence-corrected chi connectivity index (χ3v) is 1.06. The molecular weight excluding hydrogens is 128 g/mol. The zero-order valence-electron chi connectivity index (χ0n) is 7.18. The average Bonchev–Trinajstić information content (AvgIpc) is 1.81. The minimum absolute atomic E-state index is 0.207. The summed E-state index contributed by atoms with van der Waals surface area (Å²) in [6, 6.07) is 0. The maximum Gasteiger partial charge on any atom is 0.148 e. The van der Waals surface area contributed by atoms with Crippen LogP contribution in [0.15, 0.2) is 0 Å². The van der Waals surface area contributed by atoms with Crippen molar-refractivity contribution in [2.45, 2.75) is 45.8 Å². The van der Waals surface area contributed by atoms with Crippen molar-refractivity contribution in [2.75, 3.05) is 0 Å². The second-order valence-electron chi connectivity index (χ2n) is 3.31. The van der Waals surface area contributed by atoms with Crippen LogP contribution in [0.3, 0.4) is 0 Å². The largest absolute Gasteiger partial charge is 0.365 e. The smallest absolute Gasteiger partial charge is 0.148 e. The molecule has 0 aromatic heterocycles. The molecule has 10 heavy (non-hydrogen) atoms. The maximum absolute atomic E-state index is 10.3. The van der Waals surface area contributed by atoms with E-state index in [0.29, 0.717) is 0 Å². The lowest BCUT2D eigenvalue weighted by molar-refractivity contribution is -0.127. The molecule has 0 rings (SSSR count). The molecule has 1 unspecified atom stereocenters. The van der Waals surface area contributed by atoms with Crippen LogP contribution >= 0.6 is 0 Å². The summed E-state index contributed by atoms with van der Waals surface area (Å²) in [7, 11) is 0. The van der Waals surface area contributed by atoms with Crippen LogP contribution in [-0.4, -0.2) is 18.0 Å². The van der Waals surface area contributed by atoms with E-state index in [2.05, 4.69) is 0 Å². The monoisotopic (exact) mass is 144 g/mol. The Labute approximate surface area is 62.6 Å². The van der Waals surface area contributed by atoms with E-state index in [9.17, 15) is 4.79 Å². The van der Waals surface area contributed by atoms with Gasteiger partial charge in [0, 0.05) is 0 Å². The molecule has 0 aliphatic carbocycles. The summed E-state index contributed by atoms with van der Waals surface area (Å²) >= 11 is 0. The van der Waals surface area contributed by atoms with Gasteiger partial charge in [-0.1, -0.05) is 6.92 Å². The Balaban J connectivity index is 3.74. The van der Waals surface area contributed by atoms with Crippen LogP contribution in [0.4, 0.5) is 0 Å². The molecule has 0 N–H and O–H groups in total. The first kappa shape index (κ1) is 9.63. The van der Waals surface area contributed by atoms with Gasteiger partial charge >= 0.3 is 0 Å². The average molecular weight is 144 g/mol. The summed E-state index contributed by atoms with van der Waals surface area (Å²) < 4.78 is 5.37. The number of carbonyl (C=O) groups excluding carboxylic acids is 1. The van der Waals surface area contributed by atoms with Crippen LogP contribution in [0.5, 0.6) is 0 Å². The molecule has 1 atom stereocenters. The highest BCUT2D eigenvalue weighted by molar-refractivity contribution is 5.55. The Hall–Kier alpha value is -0.370. The van der Waals surface area contributed by atoms with Crippen molar-refractivity contribution < 1.29 is 9.53 Å². The molecule has 0 aromatic rings. The SMILES string of the molecule is CCC(C=O)OC(C)(C)C. The highest BCUT2D eigenvalue weighted by Gasteiger charge is 2.15. The first-order valence-corrected chi connectivity index (χ1v) is 3.62. The molecular formula is C8H16O2. The molecule has 0 fully saturated rings. The summed E-state index contributed by atoms with van der Waals surface area (Å²) in [6.45, 7) is 7.77. The van der Waals surface area contributed by atoms with E-state index in [-0.39, 0.29) is 11.7 Å². The first-order chi connectivity index (χ1) is 4.49. The standard InChI is InChI=1S/C8H16O2/c1-5-7(6-9)10-8(2,3)4/h6-7H,5H2,1-4H3. The van der Waals surface area contributed by atoms with Gasteiger partial charge in [0.1, 0.15) is 12.4 Å². The van der Waals surface area contributed by atoms with E-state index < -0.39 is 0 Å². The molecule has 0 saturated heterocycles. The lowest BCUT2D eigenvalue weighted by Crippen LogP contribution is -2.27. The summed E-state index contributed by atoms with van der Waals surface area (Å²) in [4.78, 5) is 10.3. The molecule has 0 heterocycles. The van der Waals surface area contributed by atoms with Gasteiger partial charge in [0.15, 0.2) is 0 Å². The summed E-state index contributed by atoms with van der Waals surface area (Å²) in [5, 5.41) is 0. The molecule has 2 nitrogen and oxygen atoms in total. The normalized spacial score (nSPS) is 14.8. The highest BCUT2D eigenvalue weighted by atomic mass is 16.5. The topological polar surface area (TPSA) is 26.3 Å². The summed E-state index contributed by atoms with van der Waals surface area (Å²) in [6.07, 6.45) is 1.37. The number of hydrogen-bond acceptors (Lipinski definition) is 2. The summed E-state index contributed by atoms with van der Waals surface area (Å²) in [5.74, 6) is 0. The Morgan fingerprint density at radius 2 is 2.00 bits per heavy atom. The van der Waals surface area contributed by atoms with Gasteiger partial charge in [-0.25, -0.2) is 0 Å². The number of aldehydes is 1. The lowest BCUT2D eigenvalue weighted by atomic mass is 10.2. The van der Waals surface area contributed by atoms with Gasteiger partial charge < -0.3 is 9.53 Å². The maximum atomic E-state index is 10.3. The van der Waals surface area contributed by atoms with Gasteiger partial charge in [0.25, 0.3) is 0 Å². The molecule has 0 radical (unpaired) electrons. The molecule has 0 bridgehead atoms. The van der Waals surface area contributed by atoms with E-state index in [4.69, 9.17) is 4.74 Å². The molecule has 2 heteroatoms. The number of hydrogen-bond donors (Lipinski definition) is 0. The minimum atomic E-state index is -0.236. The third-order valence-electron chi connectivity index (χ3n) is 1.06. The van der Waals surface area contributed by atoms with E-state index in [1.165, 1.54) is 0 Å². The van der Waals surface area contributed by atoms with E-state index >= 15 is 0 Å². The van der Waals surface area contributed by atoms with E-state index in [0.717, 1.165) is 12.7 Å². The Morgan fingerprint density at radius 3 is 2.10 bits per heavy atom. The molecule has 0 aliphatic heterocycles. The molecule has 0 saturated carbocycles. The van der Waals surface area contributed by atoms with Gasteiger partial charge in [0.05, 0.1) is 5.60 Å². The molecule has 0 amide bonds. The number of rotatable bonds is 3. The van der Waals surface area contributed by atoms with Crippen molar-refractivity contribution in [3.63, 3.8) is 0 Å². The Kier molecular flexibility index (Phi) is 3.58. The molecule has 60 valence electrons. The van der Waals surface area contributed by atoms with Crippen LogP contribution in [0.2, 0.25) is 0 Å². The number of ether oxygens (including phenoxy) is 1. The quantitative estimate of drug-likeness (QED) is 0.564. The van der Waals surface area contributed by atoms with E-state index in [1.54, 1.807) is 0 Å². The van der Waals surface area contributed by atoms with Crippen molar-refractivity contribution in [1.29, 1.82) is 0 Å². The van der Waals surface area contributed by atoms with Crippen LogP contribution in [0.25, 0.3) is 0 Å². The van der Waals surface area contributed by atoms with Crippen molar-refractivity contribution in [3.8, 4) is 0 Å². The predicted octanol–water partition coefficient (Wildman–Crippen LogP) is 1.78. The Bertz CT molecular complexity index is 102. The highest BCUT2D eigenvalue weighted by Crippen LogP contribution is 2.10. The minimum Gasteiger partial charge on any atom is -0.365 e. The summed E-state index contributed by atoms with van der Waals surface area (Å²) in [5.41, 5.74) is -0.207. The van der Waals surface area contributed by atoms with Crippen molar-refractivity contribution in [1.82, 2.24) is 0 Å². The van der Waals surface area contributed by atoms with E-state index in [1.807, 2.05) is 27.7 Å². The second kappa shape index (κ2) is 3.71. The van der Waals surface area contributed by atoms with Crippen molar-refractivity contribution in [2.24, 2.45) is 0 Å². The van der Waals surface area contributed by atoms with Crippen LogP contribution < -0.4 is 0 Å². The Morgan fingerprint density at radius 1 is 1.50 bits per heavy atom. The van der Waals surface area contributed by atoms with Crippen molar-refractivity contribution in [3.05, 3.63) is 0 Å². The fourth-order valence-corrected chi connectivity index (χ4v) is 0.661. The third kappa shape index (κ3) is 4.50. The van der Waals surface area contributed by atoms with Crippen molar-refractivity contribution >= 4 is 6.29 Å². The van der Waals surface area contributed by atoms with Gasteiger partial charge in [-0.2, -0.15) is 0 Å². The van der Waals surface area contributed by atoms with Crippen LogP contribution in [-0.2, 0) is 9.53 Å². The lowest BCUT2D eigenvalue weighted by Gasteiger charge is -2.23. The van der Waals surface area contributed by atoms with Crippen LogP contribution in [0.1, 0.15) is 34.1 Å². The van der Waals surface area contributed by atoms with Gasteiger partial charge in [0.2, 0.25) is 0 Å². The fourth-order valence-electron chi connectivity index (χ4n) is 0.661. The van der Waals surface area contributed by atoms with Gasteiger partial charge in [-0.3, -0.25) is 0 Å². The predicted molar refractivity (Wildman–Crippen MR) is 41.0 cm³/mol. The van der Waals surface area contributed by atoms with Gasteiger partial charge in [-0.05, 0) is 27.2 Å². The number of carbonyl (C=O) groups is 1. The molecule has 0 aliphatic rings. The molecule has 0 spiro atoms. The van der Waals surface area contributed by atoms with Gasteiger partial charge in [-0.15, -0.1) is 0 Å². The fraction of sp³-hybridized carbons (Fsp3) is 0.875.